The molecule has 4 nitrogen and oxygen atoms in total. The lowest BCUT2D eigenvalue weighted by Gasteiger charge is -2.38. The van der Waals surface area contributed by atoms with Gasteiger partial charge in [-0.1, -0.05) is 28.1 Å². The zero-order valence-corrected chi connectivity index (χ0v) is 15.4. The molecule has 1 aliphatic heterocycles. The number of amides is 1. The molecule has 0 unspecified atom stereocenters. The maximum Gasteiger partial charge on any atom is 0.410 e. The van der Waals surface area contributed by atoms with Crippen LogP contribution in [0.15, 0.2) is 28.7 Å². The molecule has 1 amide bonds. The van der Waals surface area contributed by atoms with Crippen molar-refractivity contribution in [2.24, 2.45) is 0 Å². The van der Waals surface area contributed by atoms with Crippen LogP contribution < -0.4 is 0 Å². The standard InChI is InChI=1S/C17H25BrN2O2/c1-13(14-5-7-15(18)8-6-14)19-9-11-20(12-10-19)16(21)22-17(2,3)4/h5-8,13H,9-12H2,1-4H3/t13-/m0/s1. The Morgan fingerprint density at radius 3 is 2.18 bits per heavy atom. The van der Waals surface area contributed by atoms with E-state index in [4.69, 9.17) is 4.74 Å². The van der Waals surface area contributed by atoms with E-state index < -0.39 is 5.60 Å². The Balaban J connectivity index is 1.89. The minimum Gasteiger partial charge on any atom is -0.444 e. The largest absolute Gasteiger partial charge is 0.444 e. The van der Waals surface area contributed by atoms with Crippen molar-refractivity contribution in [2.45, 2.75) is 39.3 Å². The fourth-order valence-corrected chi connectivity index (χ4v) is 2.83. The second-order valence-electron chi connectivity index (χ2n) is 6.73. The van der Waals surface area contributed by atoms with Crippen molar-refractivity contribution in [3.63, 3.8) is 0 Å². The van der Waals surface area contributed by atoms with E-state index in [0.717, 1.165) is 30.7 Å². The number of hydrogen-bond acceptors (Lipinski definition) is 3. The first-order chi connectivity index (χ1) is 10.3. The van der Waals surface area contributed by atoms with E-state index in [1.807, 2.05) is 20.8 Å². The van der Waals surface area contributed by atoms with E-state index >= 15 is 0 Å². The lowest BCUT2D eigenvalue weighted by Crippen LogP contribution is -2.50. The summed E-state index contributed by atoms with van der Waals surface area (Å²) in [5.74, 6) is 0. The Labute approximate surface area is 141 Å². The maximum atomic E-state index is 12.1. The Morgan fingerprint density at radius 1 is 1.14 bits per heavy atom. The van der Waals surface area contributed by atoms with Crippen molar-refractivity contribution in [3.8, 4) is 0 Å². The van der Waals surface area contributed by atoms with Crippen molar-refractivity contribution in [1.29, 1.82) is 0 Å². The molecule has 0 aliphatic carbocycles. The molecule has 1 fully saturated rings. The van der Waals surface area contributed by atoms with Gasteiger partial charge in [0.2, 0.25) is 0 Å². The van der Waals surface area contributed by atoms with E-state index in [1.165, 1.54) is 5.56 Å². The molecule has 0 radical (unpaired) electrons. The van der Waals surface area contributed by atoms with Gasteiger partial charge in [-0.25, -0.2) is 4.79 Å². The normalized spacial score (nSPS) is 18.1. The van der Waals surface area contributed by atoms with Crippen LogP contribution in [0, 0.1) is 0 Å². The number of halogens is 1. The highest BCUT2D eigenvalue weighted by Gasteiger charge is 2.27. The highest BCUT2D eigenvalue weighted by molar-refractivity contribution is 9.10. The van der Waals surface area contributed by atoms with Gasteiger partial charge in [0, 0.05) is 36.7 Å². The maximum absolute atomic E-state index is 12.1. The van der Waals surface area contributed by atoms with Crippen molar-refractivity contribution in [3.05, 3.63) is 34.3 Å². The van der Waals surface area contributed by atoms with Crippen LogP contribution in [0.2, 0.25) is 0 Å². The summed E-state index contributed by atoms with van der Waals surface area (Å²) in [5, 5.41) is 0. The Kier molecular flexibility index (Phi) is 5.50. The molecule has 1 aliphatic rings. The molecule has 22 heavy (non-hydrogen) atoms. The summed E-state index contributed by atoms with van der Waals surface area (Å²) >= 11 is 3.47. The van der Waals surface area contributed by atoms with Crippen LogP contribution >= 0.6 is 15.9 Å². The molecule has 122 valence electrons. The second-order valence-corrected chi connectivity index (χ2v) is 7.65. The Morgan fingerprint density at radius 2 is 1.68 bits per heavy atom. The van der Waals surface area contributed by atoms with Gasteiger partial charge < -0.3 is 9.64 Å². The third kappa shape index (κ3) is 4.71. The fraction of sp³-hybridized carbons (Fsp3) is 0.588. The number of hydrogen-bond donors (Lipinski definition) is 0. The van der Waals surface area contributed by atoms with Gasteiger partial charge in [-0.05, 0) is 45.4 Å². The summed E-state index contributed by atoms with van der Waals surface area (Å²) < 4.78 is 6.53. The molecule has 0 saturated carbocycles. The smallest absolute Gasteiger partial charge is 0.410 e. The van der Waals surface area contributed by atoms with E-state index in [1.54, 1.807) is 4.90 Å². The van der Waals surface area contributed by atoms with Crippen LogP contribution in [0.5, 0.6) is 0 Å². The fourth-order valence-electron chi connectivity index (χ4n) is 2.57. The number of nitrogens with zero attached hydrogens (tertiary/aromatic N) is 2. The van der Waals surface area contributed by atoms with Gasteiger partial charge in [-0.2, -0.15) is 0 Å². The summed E-state index contributed by atoms with van der Waals surface area (Å²) in [7, 11) is 0. The van der Waals surface area contributed by atoms with E-state index in [0.29, 0.717) is 6.04 Å². The van der Waals surface area contributed by atoms with E-state index in [2.05, 4.69) is 52.0 Å². The average molecular weight is 369 g/mol. The molecule has 0 aromatic heterocycles. The summed E-state index contributed by atoms with van der Waals surface area (Å²) in [6.07, 6.45) is -0.205. The zero-order chi connectivity index (χ0) is 16.3. The van der Waals surface area contributed by atoms with Gasteiger partial charge in [0.05, 0.1) is 0 Å². The number of carbonyl (C=O) groups is 1. The van der Waals surface area contributed by atoms with E-state index in [9.17, 15) is 4.79 Å². The predicted molar refractivity (Wildman–Crippen MR) is 91.9 cm³/mol. The van der Waals surface area contributed by atoms with Crippen molar-refractivity contribution >= 4 is 22.0 Å². The van der Waals surface area contributed by atoms with Crippen LogP contribution in [-0.4, -0.2) is 47.7 Å². The number of benzene rings is 1. The average Bonchev–Trinajstić information content (AvgIpc) is 2.46. The summed E-state index contributed by atoms with van der Waals surface area (Å²) in [6, 6.07) is 8.80. The summed E-state index contributed by atoms with van der Waals surface area (Å²) in [5.41, 5.74) is 0.868. The topological polar surface area (TPSA) is 32.8 Å². The van der Waals surface area contributed by atoms with Crippen molar-refractivity contribution in [1.82, 2.24) is 9.80 Å². The van der Waals surface area contributed by atoms with Gasteiger partial charge in [-0.15, -0.1) is 0 Å². The van der Waals surface area contributed by atoms with Crippen LogP contribution in [0.1, 0.15) is 39.3 Å². The van der Waals surface area contributed by atoms with Crippen LogP contribution in [0.3, 0.4) is 0 Å². The van der Waals surface area contributed by atoms with Crippen LogP contribution in [0.25, 0.3) is 0 Å². The molecule has 5 heteroatoms. The summed E-state index contributed by atoms with van der Waals surface area (Å²) in [4.78, 5) is 16.3. The Bertz CT molecular complexity index is 502. The minimum absolute atomic E-state index is 0.205. The molecular weight excluding hydrogens is 344 g/mol. The lowest BCUT2D eigenvalue weighted by atomic mass is 10.1. The molecule has 1 heterocycles. The molecule has 2 rings (SSSR count). The van der Waals surface area contributed by atoms with Crippen LogP contribution in [0.4, 0.5) is 4.79 Å². The monoisotopic (exact) mass is 368 g/mol. The third-order valence-electron chi connectivity index (χ3n) is 3.87. The molecule has 1 aromatic carbocycles. The van der Waals surface area contributed by atoms with Gasteiger partial charge in [-0.3, -0.25) is 4.90 Å². The van der Waals surface area contributed by atoms with Crippen molar-refractivity contribution in [2.75, 3.05) is 26.2 Å². The van der Waals surface area contributed by atoms with E-state index in [-0.39, 0.29) is 6.09 Å². The first-order valence-electron chi connectivity index (χ1n) is 7.74. The van der Waals surface area contributed by atoms with Crippen LogP contribution in [-0.2, 0) is 4.74 Å². The number of ether oxygens (including phenoxy) is 1. The van der Waals surface area contributed by atoms with Crippen molar-refractivity contribution < 1.29 is 9.53 Å². The second kappa shape index (κ2) is 7.01. The molecule has 1 saturated heterocycles. The summed E-state index contributed by atoms with van der Waals surface area (Å²) in [6.45, 7) is 11.1. The molecule has 0 spiro atoms. The van der Waals surface area contributed by atoms with Gasteiger partial charge in [0.1, 0.15) is 5.60 Å². The first kappa shape index (κ1) is 17.3. The number of piperazine rings is 1. The molecule has 0 bridgehead atoms. The third-order valence-corrected chi connectivity index (χ3v) is 4.39. The molecule has 0 N–H and O–H groups in total. The van der Waals surface area contributed by atoms with Gasteiger partial charge >= 0.3 is 6.09 Å². The Hall–Kier alpha value is -1.07. The quantitative estimate of drug-likeness (QED) is 0.788. The highest BCUT2D eigenvalue weighted by Crippen LogP contribution is 2.23. The SMILES string of the molecule is C[C@@H](c1ccc(Br)cc1)N1CCN(C(=O)OC(C)(C)C)CC1. The molecular formula is C17H25BrN2O2. The van der Waals surface area contributed by atoms with Gasteiger partial charge in [0.15, 0.2) is 0 Å². The zero-order valence-electron chi connectivity index (χ0n) is 13.8. The number of rotatable bonds is 2. The molecule has 1 atom stereocenters. The number of carbonyl (C=O) groups excluding carboxylic acids is 1. The molecule has 1 aromatic rings. The lowest BCUT2D eigenvalue weighted by molar-refractivity contribution is 0.0110. The minimum atomic E-state index is -0.432. The predicted octanol–water partition coefficient (Wildman–Crippen LogP) is 4.06. The first-order valence-corrected chi connectivity index (χ1v) is 8.53. The van der Waals surface area contributed by atoms with Gasteiger partial charge in [0.25, 0.3) is 0 Å². The highest BCUT2D eigenvalue weighted by atomic mass is 79.9.